The zero-order valence-electron chi connectivity index (χ0n) is 10.3. The van der Waals surface area contributed by atoms with Gasteiger partial charge in [-0.1, -0.05) is 0 Å². The van der Waals surface area contributed by atoms with Gasteiger partial charge >= 0.3 is 0 Å². The molecule has 94 valence electrons. The highest BCUT2D eigenvalue weighted by molar-refractivity contribution is 7.99. The topological polar surface area (TPSA) is 38.5 Å². The molecule has 0 aliphatic carbocycles. The third-order valence-electron chi connectivity index (χ3n) is 4.19. The second kappa shape index (κ2) is 5.71. The van der Waals surface area contributed by atoms with Crippen LogP contribution in [0.25, 0.3) is 0 Å². The maximum absolute atomic E-state index is 6.06. The van der Waals surface area contributed by atoms with Gasteiger partial charge in [0.15, 0.2) is 0 Å². The van der Waals surface area contributed by atoms with Crippen LogP contribution in [0.4, 0.5) is 0 Å². The number of piperidine rings is 1. The number of hydrogen-bond donors (Lipinski definition) is 1. The molecule has 0 spiro atoms. The molecule has 0 aromatic rings. The van der Waals surface area contributed by atoms with Crippen molar-refractivity contribution in [3.8, 4) is 0 Å². The van der Waals surface area contributed by atoms with Crippen LogP contribution < -0.4 is 5.73 Å². The Morgan fingerprint density at radius 3 is 2.81 bits per heavy atom. The summed E-state index contributed by atoms with van der Waals surface area (Å²) < 4.78 is 5.51. The fourth-order valence-electron chi connectivity index (χ4n) is 2.96. The Labute approximate surface area is 103 Å². The molecular formula is C12H24N2OS. The van der Waals surface area contributed by atoms with Crippen molar-refractivity contribution in [2.45, 2.75) is 37.3 Å². The summed E-state index contributed by atoms with van der Waals surface area (Å²) in [5.41, 5.74) is 6.34. The van der Waals surface area contributed by atoms with Gasteiger partial charge in [-0.25, -0.2) is 0 Å². The monoisotopic (exact) mass is 244 g/mol. The Hall–Kier alpha value is 0.230. The van der Waals surface area contributed by atoms with E-state index in [1.165, 1.54) is 43.7 Å². The Kier molecular flexibility index (Phi) is 4.53. The van der Waals surface area contributed by atoms with E-state index in [1.54, 1.807) is 0 Å². The normalized spacial score (nSPS) is 31.5. The van der Waals surface area contributed by atoms with E-state index >= 15 is 0 Å². The second-order valence-electron chi connectivity index (χ2n) is 4.99. The molecule has 2 aliphatic rings. The highest BCUT2D eigenvalue weighted by atomic mass is 32.2. The fraction of sp³-hybridized carbons (Fsp3) is 1.00. The highest BCUT2D eigenvalue weighted by Crippen LogP contribution is 2.33. The number of nitrogens with zero attached hydrogens (tertiary/aromatic N) is 1. The second-order valence-corrected chi connectivity index (χ2v) is 6.21. The third kappa shape index (κ3) is 2.55. The molecule has 0 aromatic heterocycles. The van der Waals surface area contributed by atoms with Crippen LogP contribution >= 0.6 is 11.8 Å². The number of likely N-dealkylation sites (tertiary alicyclic amines) is 1. The first-order valence-corrected chi connectivity index (χ1v) is 7.52. The molecule has 0 bridgehead atoms. The van der Waals surface area contributed by atoms with Crippen LogP contribution in [0.2, 0.25) is 0 Å². The van der Waals surface area contributed by atoms with Gasteiger partial charge in [0.2, 0.25) is 0 Å². The molecule has 2 heterocycles. The van der Waals surface area contributed by atoms with Crippen LogP contribution in [0, 0.1) is 0 Å². The lowest BCUT2D eigenvalue weighted by Crippen LogP contribution is -2.59. The molecule has 2 rings (SSSR count). The Balaban J connectivity index is 2.01. The van der Waals surface area contributed by atoms with Gasteiger partial charge in [-0.2, -0.15) is 11.8 Å². The Morgan fingerprint density at radius 2 is 2.19 bits per heavy atom. The quantitative estimate of drug-likeness (QED) is 0.813. The number of nitrogens with two attached hydrogens (primary N) is 1. The molecule has 2 fully saturated rings. The van der Waals surface area contributed by atoms with E-state index in [4.69, 9.17) is 10.5 Å². The minimum absolute atomic E-state index is 0.280. The smallest absolute Gasteiger partial charge is 0.0698 e. The molecule has 0 amide bonds. The van der Waals surface area contributed by atoms with Crippen molar-refractivity contribution >= 4 is 11.8 Å². The van der Waals surface area contributed by atoms with Crippen molar-refractivity contribution in [1.29, 1.82) is 0 Å². The number of hydrogen-bond acceptors (Lipinski definition) is 4. The number of ether oxygens (including phenoxy) is 1. The molecule has 2 saturated heterocycles. The van der Waals surface area contributed by atoms with E-state index in [-0.39, 0.29) is 5.54 Å². The SMILES string of the molecule is COC1CCCN(C2(CN)CCSCC2)C1. The summed E-state index contributed by atoms with van der Waals surface area (Å²) in [5, 5.41) is 0. The number of thioether (sulfide) groups is 1. The van der Waals surface area contributed by atoms with E-state index < -0.39 is 0 Å². The summed E-state index contributed by atoms with van der Waals surface area (Å²) in [6.45, 7) is 3.10. The van der Waals surface area contributed by atoms with Gasteiger partial charge in [-0.05, 0) is 43.7 Å². The van der Waals surface area contributed by atoms with Crippen LogP contribution in [-0.4, -0.2) is 54.8 Å². The van der Waals surface area contributed by atoms with Crippen molar-refractivity contribution < 1.29 is 4.74 Å². The summed E-state index contributed by atoms with van der Waals surface area (Å²) >= 11 is 2.07. The minimum Gasteiger partial charge on any atom is -0.380 e. The first-order chi connectivity index (χ1) is 7.80. The maximum Gasteiger partial charge on any atom is 0.0698 e. The third-order valence-corrected chi connectivity index (χ3v) is 5.17. The molecular weight excluding hydrogens is 220 g/mol. The van der Waals surface area contributed by atoms with E-state index in [2.05, 4.69) is 16.7 Å². The zero-order chi connectivity index (χ0) is 11.4. The fourth-order valence-corrected chi connectivity index (χ4v) is 4.21. The molecule has 3 nitrogen and oxygen atoms in total. The van der Waals surface area contributed by atoms with E-state index in [9.17, 15) is 0 Å². The summed E-state index contributed by atoms with van der Waals surface area (Å²) in [7, 11) is 1.83. The first kappa shape index (κ1) is 12.7. The van der Waals surface area contributed by atoms with Crippen molar-refractivity contribution in [3.05, 3.63) is 0 Å². The van der Waals surface area contributed by atoms with Crippen molar-refractivity contribution in [1.82, 2.24) is 4.90 Å². The lowest BCUT2D eigenvalue weighted by atomic mass is 9.87. The molecule has 1 atom stereocenters. The average Bonchev–Trinajstić information content (AvgIpc) is 2.39. The van der Waals surface area contributed by atoms with Crippen LogP contribution in [0.15, 0.2) is 0 Å². The van der Waals surface area contributed by atoms with Gasteiger partial charge in [0.25, 0.3) is 0 Å². The predicted octanol–water partition coefficient (Wildman–Crippen LogP) is 1.32. The Bertz CT molecular complexity index is 219. The summed E-state index contributed by atoms with van der Waals surface area (Å²) in [4.78, 5) is 2.62. The molecule has 0 saturated carbocycles. The Morgan fingerprint density at radius 1 is 1.44 bits per heavy atom. The van der Waals surface area contributed by atoms with E-state index in [1.807, 2.05) is 7.11 Å². The van der Waals surface area contributed by atoms with Crippen LogP contribution in [0.3, 0.4) is 0 Å². The highest BCUT2D eigenvalue weighted by Gasteiger charge is 2.39. The van der Waals surface area contributed by atoms with E-state index in [0.717, 1.165) is 13.1 Å². The lowest BCUT2D eigenvalue weighted by molar-refractivity contribution is -0.0203. The average molecular weight is 244 g/mol. The first-order valence-electron chi connectivity index (χ1n) is 6.36. The molecule has 4 heteroatoms. The molecule has 2 N–H and O–H groups in total. The summed E-state index contributed by atoms with van der Waals surface area (Å²) in [5.74, 6) is 2.54. The number of rotatable bonds is 3. The molecule has 2 aliphatic heterocycles. The minimum atomic E-state index is 0.280. The molecule has 1 unspecified atom stereocenters. The van der Waals surface area contributed by atoms with Gasteiger partial charge in [0.05, 0.1) is 6.10 Å². The summed E-state index contributed by atoms with van der Waals surface area (Å²) in [6.07, 6.45) is 5.40. The van der Waals surface area contributed by atoms with Gasteiger partial charge < -0.3 is 10.5 Å². The largest absolute Gasteiger partial charge is 0.380 e. The standard InChI is InChI=1S/C12H24N2OS/c1-15-11-3-2-6-14(9-11)12(10-13)4-7-16-8-5-12/h11H,2-10,13H2,1H3. The predicted molar refractivity (Wildman–Crippen MR) is 69.9 cm³/mol. The maximum atomic E-state index is 6.06. The van der Waals surface area contributed by atoms with Crippen LogP contribution in [0.1, 0.15) is 25.7 Å². The summed E-state index contributed by atoms with van der Waals surface area (Å²) in [6, 6.07) is 0. The van der Waals surface area contributed by atoms with Gasteiger partial charge in [0, 0.05) is 25.7 Å². The van der Waals surface area contributed by atoms with Gasteiger partial charge in [-0.3, -0.25) is 4.90 Å². The van der Waals surface area contributed by atoms with E-state index in [0.29, 0.717) is 6.10 Å². The van der Waals surface area contributed by atoms with Crippen LogP contribution in [-0.2, 0) is 4.74 Å². The van der Waals surface area contributed by atoms with Crippen LogP contribution in [0.5, 0.6) is 0 Å². The zero-order valence-corrected chi connectivity index (χ0v) is 11.1. The number of methoxy groups -OCH3 is 1. The van der Waals surface area contributed by atoms with Gasteiger partial charge in [-0.15, -0.1) is 0 Å². The van der Waals surface area contributed by atoms with Gasteiger partial charge in [0.1, 0.15) is 0 Å². The lowest BCUT2D eigenvalue weighted by Gasteiger charge is -2.48. The van der Waals surface area contributed by atoms with Crippen molar-refractivity contribution in [2.75, 3.05) is 38.2 Å². The molecule has 0 aromatic carbocycles. The van der Waals surface area contributed by atoms with Crippen molar-refractivity contribution in [3.63, 3.8) is 0 Å². The molecule has 16 heavy (non-hydrogen) atoms. The molecule has 0 radical (unpaired) electrons. The van der Waals surface area contributed by atoms with Crippen molar-refractivity contribution in [2.24, 2.45) is 5.73 Å².